The lowest BCUT2D eigenvalue weighted by Crippen LogP contribution is -2.61. The molecule has 45 heteroatoms. The van der Waals surface area contributed by atoms with Gasteiger partial charge in [-0.25, -0.2) is 4.79 Å². The van der Waals surface area contributed by atoms with E-state index in [2.05, 4.69) is 102 Å². The van der Waals surface area contributed by atoms with Crippen LogP contribution in [0.5, 0.6) is 0 Å². The van der Waals surface area contributed by atoms with Crippen LogP contribution in [0.4, 0.5) is 0 Å². The highest BCUT2D eigenvalue weighted by Crippen LogP contribution is 2.12. The normalized spacial score (nSPS) is 14.8. The summed E-state index contributed by atoms with van der Waals surface area (Å²) in [6.45, 7) is 4.11. The number of nitrogens with one attached hydrogen (secondary N) is 15. The number of nitrogens with zero attached hydrogens (tertiary/aromatic N) is 2. The number of guanidine groups is 2. The maximum atomic E-state index is 14.2. The van der Waals surface area contributed by atoms with E-state index in [9.17, 15) is 107 Å². The first-order valence-corrected chi connectivity index (χ1v) is 35.2. The highest BCUT2D eigenvalue weighted by Gasteiger charge is 2.37. The van der Waals surface area contributed by atoms with E-state index in [1.54, 1.807) is 58.0 Å². The number of hydrogen-bond acceptors (Lipinski definition) is 25. The molecule has 0 aromatic heterocycles. The summed E-state index contributed by atoms with van der Waals surface area (Å²) >= 11 is 4.13. The number of carboxylic acids is 1. The third-order valence-corrected chi connectivity index (χ3v) is 15.8. The molecule has 0 unspecified atom stereocenters. The Morgan fingerprint density at radius 2 is 0.752 bits per heavy atom. The fraction of sp³-hybridized carbons (Fsp3) is 0.625. The van der Waals surface area contributed by atoms with E-state index in [-0.39, 0.29) is 81.8 Å². The van der Waals surface area contributed by atoms with E-state index in [1.807, 2.05) is 0 Å². The number of carbonyl (C=O) groups excluding carboxylic acids is 15. The summed E-state index contributed by atoms with van der Waals surface area (Å²) in [6, 6.07) is -12.6. The zero-order chi connectivity index (χ0) is 82.8. The van der Waals surface area contributed by atoms with Crippen LogP contribution in [0.2, 0.25) is 0 Å². The lowest BCUT2D eigenvalue weighted by Gasteiger charge is -2.28. The summed E-state index contributed by atoms with van der Waals surface area (Å²) in [4.78, 5) is 220. The van der Waals surface area contributed by atoms with Gasteiger partial charge in [0.2, 0.25) is 88.6 Å². The Labute approximate surface area is 633 Å². The Morgan fingerprint density at radius 3 is 1.20 bits per heavy atom. The zero-order valence-corrected chi connectivity index (χ0v) is 62.5. The number of aliphatic hydroxyl groups is 5. The van der Waals surface area contributed by atoms with Crippen molar-refractivity contribution in [2.45, 2.75) is 178 Å². The van der Waals surface area contributed by atoms with E-state index in [0.29, 0.717) is 5.56 Å². The third-order valence-electron chi connectivity index (χ3n) is 15.5. The second kappa shape index (κ2) is 50.9. The van der Waals surface area contributed by atoms with E-state index in [1.165, 1.54) is 6.92 Å². The van der Waals surface area contributed by atoms with Crippen LogP contribution in [0.25, 0.3) is 0 Å². The average Bonchev–Trinajstić information content (AvgIpc) is 0.861. The fourth-order valence-corrected chi connectivity index (χ4v) is 9.90. The van der Waals surface area contributed by atoms with Crippen LogP contribution in [0, 0.1) is 11.8 Å². The number of aliphatic imine (C=N–C) groups is 2. The SMILES string of the molecule is CC(C)C[C@H](NC(=O)[C@H](CO)NC(=O)CNC(=O)CN)C(=O)N[C@@H](CCCN=C(N)N)C(=O)N[C@@H](CC(C)C)C(=O)N[C@@H](CO)C(=O)N[C@@H](CS)C(=O)N[C@@H](C)C(=O)N[C@@H](C)C(=O)N[C@@H](CO)C(=O)NCC(=O)N[C@@H](CCCN=C(N)N)C(=O)N[C@H](C(=O)N[C@@H](Cc1ccccc1)C(=O)N[C@@H](CO)C(=O)O)[C@@H](C)O. The van der Waals surface area contributed by atoms with Crippen molar-refractivity contribution in [2.75, 3.05) is 64.9 Å². The monoisotopic (exact) mass is 1570 g/mol. The molecule has 0 saturated carbocycles. The maximum absolute atomic E-state index is 14.2. The molecule has 1 aromatic carbocycles. The number of aliphatic carboxylic acids is 1. The van der Waals surface area contributed by atoms with E-state index < -0.39 is 231 Å². The Balaban J connectivity index is 3.18. The largest absolute Gasteiger partial charge is 0.480 e. The molecule has 1 rings (SSSR count). The van der Waals surface area contributed by atoms with Crippen LogP contribution >= 0.6 is 12.6 Å². The first-order valence-electron chi connectivity index (χ1n) is 34.5. The first kappa shape index (κ1) is 96.4. The molecule has 15 amide bonds. The molecule has 0 fully saturated rings. The molecule has 44 nitrogen and oxygen atoms in total. The van der Waals surface area contributed by atoms with Crippen LogP contribution in [-0.2, 0) is 83.1 Å². The van der Waals surface area contributed by atoms with E-state index >= 15 is 0 Å². The van der Waals surface area contributed by atoms with Crippen molar-refractivity contribution in [1.82, 2.24) is 79.8 Å². The quantitative estimate of drug-likeness (QED) is 0.0125. The molecule has 0 aliphatic heterocycles. The first-order chi connectivity index (χ1) is 51.2. The van der Waals surface area contributed by atoms with Gasteiger partial charge in [-0.1, -0.05) is 58.0 Å². The molecule has 0 aliphatic carbocycles. The smallest absolute Gasteiger partial charge is 0.328 e. The van der Waals surface area contributed by atoms with Gasteiger partial charge < -0.3 is 139 Å². The minimum atomic E-state index is -1.83. The number of aliphatic hydroxyl groups excluding tert-OH is 5. The Hall–Kier alpha value is -10.6. The van der Waals surface area contributed by atoms with E-state index in [4.69, 9.17) is 28.7 Å². The second-order valence-electron chi connectivity index (χ2n) is 25.7. The molecular weight excluding hydrogens is 1460 g/mol. The van der Waals surface area contributed by atoms with Gasteiger partial charge >= 0.3 is 5.97 Å². The molecular formula is C64H108N22O22S. The summed E-state index contributed by atoms with van der Waals surface area (Å²) in [5.41, 5.74) is 27.5. The molecule has 0 saturated heterocycles. The summed E-state index contributed by atoms with van der Waals surface area (Å²) in [7, 11) is 0. The van der Waals surface area contributed by atoms with Gasteiger partial charge in [-0.3, -0.25) is 81.9 Å². The minimum absolute atomic E-state index is 0.0138. The number of benzene rings is 1. The molecule has 14 atom stereocenters. The number of nitrogens with two attached hydrogens (primary N) is 5. The molecule has 0 aliphatic rings. The summed E-state index contributed by atoms with van der Waals surface area (Å²) < 4.78 is 0. The van der Waals surface area contributed by atoms with Gasteiger partial charge in [0, 0.05) is 25.3 Å². The van der Waals surface area contributed by atoms with Crippen LogP contribution in [-0.4, -0.2) is 287 Å². The van der Waals surface area contributed by atoms with Crippen molar-refractivity contribution < 1.29 is 107 Å². The Bertz CT molecular complexity index is 3290. The van der Waals surface area contributed by atoms with Gasteiger partial charge in [-0.05, 0) is 76.7 Å². The fourth-order valence-electron chi connectivity index (χ4n) is 9.64. The second-order valence-corrected chi connectivity index (χ2v) is 26.1. The van der Waals surface area contributed by atoms with Crippen molar-refractivity contribution in [3.63, 3.8) is 0 Å². The summed E-state index contributed by atoms with van der Waals surface area (Å²) in [5, 5.41) is 94.8. The van der Waals surface area contributed by atoms with Crippen molar-refractivity contribution >= 4 is 119 Å². The highest BCUT2D eigenvalue weighted by molar-refractivity contribution is 7.80. The third kappa shape index (κ3) is 37.7. The molecule has 0 heterocycles. The maximum Gasteiger partial charge on any atom is 0.328 e. The Morgan fingerprint density at radius 1 is 0.404 bits per heavy atom. The number of carboxylic acid groups (broad SMARTS) is 1. The van der Waals surface area contributed by atoms with Gasteiger partial charge in [0.15, 0.2) is 11.9 Å². The summed E-state index contributed by atoms with van der Waals surface area (Å²) in [6.07, 6.45) is -2.34. The predicted molar refractivity (Wildman–Crippen MR) is 392 cm³/mol. The number of carbonyl (C=O) groups is 16. The molecule has 31 N–H and O–H groups in total. The van der Waals surface area contributed by atoms with Gasteiger partial charge in [0.25, 0.3) is 0 Å². The van der Waals surface area contributed by atoms with Gasteiger partial charge in [-0.15, -0.1) is 0 Å². The molecule has 0 bridgehead atoms. The van der Waals surface area contributed by atoms with Crippen LogP contribution < -0.4 is 108 Å². The van der Waals surface area contributed by atoms with Gasteiger partial charge in [0.1, 0.15) is 78.5 Å². The predicted octanol–water partition coefficient (Wildman–Crippen LogP) is -12.7. The summed E-state index contributed by atoms with van der Waals surface area (Å²) in [5.74, 6) is -18.4. The zero-order valence-electron chi connectivity index (χ0n) is 61.6. The van der Waals surface area contributed by atoms with E-state index in [0.717, 1.165) is 13.8 Å². The highest BCUT2D eigenvalue weighted by atomic mass is 32.1. The molecule has 1 aromatic rings. The number of thiol groups is 1. The van der Waals surface area contributed by atoms with Crippen molar-refractivity contribution in [3.8, 4) is 0 Å². The lowest BCUT2D eigenvalue weighted by atomic mass is 10.0. The van der Waals surface area contributed by atoms with Crippen LogP contribution in [0.1, 0.15) is 92.6 Å². The van der Waals surface area contributed by atoms with Gasteiger partial charge in [0.05, 0.1) is 52.2 Å². The van der Waals surface area contributed by atoms with Crippen molar-refractivity contribution in [3.05, 3.63) is 35.9 Å². The molecule has 109 heavy (non-hydrogen) atoms. The lowest BCUT2D eigenvalue weighted by molar-refractivity contribution is -0.143. The molecule has 0 radical (unpaired) electrons. The van der Waals surface area contributed by atoms with Crippen LogP contribution in [0.15, 0.2) is 40.3 Å². The number of hydrogen-bond donors (Lipinski definition) is 27. The van der Waals surface area contributed by atoms with Crippen molar-refractivity contribution in [2.24, 2.45) is 50.5 Å². The topological polar surface area (TPSA) is 730 Å². The Kier molecular flexibility index (Phi) is 45.0. The number of amides is 15. The average molecular weight is 1570 g/mol. The van der Waals surface area contributed by atoms with Gasteiger partial charge in [-0.2, -0.15) is 12.6 Å². The standard InChI is InChI=1S/C64H108N22O22S/c1-30(2)19-38(80-58(103)42(26-88)77-47(93)23-72-46(92)22-65)55(100)78-37(16-12-18-71-64(68)69)53(98)79-39(20-31(3)4)56(101)83-43(27-89)59(104)85-45(29-109)60(105)75-32(5)50(95)74-33(6)51(96)82-41(25-87)52(97)73-24-48(94)76-36(15-11-17-70-63(66)67)54(99)86-49(34(7)91)61(106)81-40(21-35-13-9-8-10-14-35)57(102)84-44(28-90)62(107)108/h8-10,13-14,30-34,36-45,49,87-91,109H,11-12,15-29,65H2,1-7H3,(H,72,92)(H,73,97)(H,74,95)(H,75,105)(H,76,94)(H,77,93)(H,78,100)(H,79,98)(H,80,103)(H,81,106)(H,82,96)(H,83,101)(H,84,102)(H,85,104)(H,86,99)(H,107,108)(H4,66,67,70)(H4,68,69,71)/t32-,33-,34+,36-,37-,38-,39-,40-,41-,42-,43-,44-,45-,49-/m0/s1. The minimum Gasteiger partial charge on any atom is -0.480 e. The van der Waals surface area contributed by atoms with Crippen LogP contribution in [0.3, 0.4) is 0 Å². The molecule has 0 spiro atoms. The molecule has 612 valence electrons. The van der Waals surface area contributed by atoms with Crippen molar-refractivity contribution in [1.29, 1.82) is 0 Å². The number of rotatable bonds is 51.